The Morgan fingerprint density at radius 2 is 2.10 bits per heavy atom. The van der Waals surface area contributed by atoms with Crippen LogP contribution in [0.5, 0.6) is 0 Å². The number of ether oxygens (including phenoxy) is 1. The lowest BCUT2D eigenvalue weighted by atomic mass is 9.71. The Kier molecular flexibility index (Phi) is 3.00. The van der Waals surface area contributed by atoms with Crippen LogP contribution in [0.1, 0.15) is 73.7 Å². The average molecular weight is 270 g/mol. The lowest BCUT2D eigenvalue weighted by Crippen LogP contribution is -2.25. The maximum atomic E-state index is 12.3. The van der Waals surface area contributed by atoms with E-state index in [4.69, 9.17) is 4.74 Å². The highest BCUT2D eigenvalue weighted by Gasteiger charge is 2.37. The van der Waals surface area contributed by atoms with E-state index in [1.165, 1.54) is 23.1 Å². The van der Waals surface area contributed by atoms with Crippen LogP contribution < -0.4 is 0 Å². The van der Waals surface area contributed by atoms with Gasteiger partial charge in [0.15, 0.2) is 0 Å². The topological polar surface area (TPSA) is 26.3 Å². The zero-order chi connectivity index (χ0) is 14.5. The third-order valence-corrected chi connectivity index (χ3v) is 4.53. The molecule has 0 unspecified atom stereocenters. The van der Waals surface area contributed by atoms with Crippen molar-refractivity contribution in [3.8, 4) is 0 Å². The van der Waals surface area contributed by atoms with Gasteiger partial charge < -0.3 is 4.74 Å². The molecule has 1 aromatic carbocycles. The Labute approximate surface area is 120 Å². The smallest absolute Gasteiger partial charge is 0.339 e. The molecule has 0 spiro atoms. The molecule has 2 nitrogen and oxygen atoms in total. The molecular weight excluding hydrogens is 248 g/mol. The maximum absolute atomic E-state index is 12.3. The molecule has 3 rings (SSSR count). The highest BCUT2D eigenvalue weighted by molar-refractivity contribution is 5.96. The van der Waals surface area contributed by atoms with Gasteiger partial charge in [0.25, 0.3) is 0 Å². The molecule has 0 fully saturated rings. The van der Waals surface area contributed by atoms with Crippen LogP contribution in [0.3, 0.4) is 0 Å². The molecule has 0 radical (unpaired) electrons. The van der Waals surface area contributed by atoms with E-state index in [1.54, 1.807) is 0 Å². The van der Waals surface area contributed by atoms with E-state index in [-0.39, 0.29) is 17.5 Å². The summed E-state index contributed by atoms with van der Waals surface area (Å²) in [6, 6.07) is 4.30. The number of esters is 1. The third kappa shape index (κ3) is 1.98. The van der Waals surface area contributed by atoms with Gasteiger partial charge in [0.2, 0.25) is 0 Å². The van der Waals surface area contributed by atoms with Crippen LogP contribution >= 0.6 is 0 Å². The van der Waals surface area contributed by atoms with Crippen molar-refractivity contribution in [2.24, 2.45) is 0 Å². The predicted molar refractivity (Wildman–Crippen MR) is 80.0 cm³/mol. The SMILES string of the molecule is CC(C)=C[C@H]1OC(=O)c2c1ccc1c2CCCC1(C)C. The second-order valence-electron chi connectivity index (χ2n) is 6.86. The quantitative estimate of drug-likeness (QED) is 0.555. The minimum Gasteiger partial charge on any atom is -0.450 e. The number of cyclic esters (lactones) is 1. The van der Waals surface area contributed by atoms with E-state index >= 15 is 0 Å². The molecule has 0 saturated heterocycles. The average Bonchev–Trinajstić information content (AvgIpc) is 2.65. The zero-order valence-electron chi connectivity index (χ0n) is 12.7. The molecule has 0 bridgehead atoms. The third-order valence-electron chi connectivity index (χ3n) is 4.53. The van der Waals surface area contributed by atoms with Crippen LogP contribution in [-0.2, 0) is 16.6 Å². The number of hydrogen-bond acceptors (Lipinski definition) is 2. The van der Waals surface area contributed by atoms with E-state index < -0.39 is 0 Å². The summed E-state index contributed by atoms with van der Waals surface area (Å²) in [5.41, 5.74) is 5.79. The van der Waals surface area contributed by atoms with Crippen LogP contribution in [0.2, 0.25) is 0 Å². The van der Waals surface area contributed by atoms with Gasteiger partial charge in [0.05, 0.1) is 5.56 Å². The fraction of sp³-hybridized carbons (Fsp3) is 0.500. The molecule has 1 aliphatic carbocycles. The fourth-order valence-corrected chi connectivity index (χ4v) is 3.54. The zero-order valence-corrected chi connectivity index (χ0v) is 12.7. The van der Waals surface area contributed by atoms with Gasteiger partial charge in [-0.25, -0.2) is 4.79 Å². The maximum Gasteiger partial charge on any atom is 0.339 e. The highest BCUT2D eigenvalue weighted by Crippen LogP contribution is 2.43. The van der Waals surface area contributed by atoms with Crippen molar-refractivity contribution in [3.63, 3.8) is 0 Å². The standard InChI is InChI=1S/C18H22O2/c1-11(2)10-15-13-7-8-14-12(16(13)17(19)20-15)6-5-9-18(14,3)4/h7-8,10,15H,5-6,9H2,1-4H3/t15-/m1/s1. The van der Waals surface area contributed by atoms with Crippen molar-refractivity contribution in [2.45, 2.75) is 58.5 Å². The van der Waals surface area contributed by atoms with Gasteiger partial charge in [-0.05, 0) is 55.7 Å². The molecule has 1 aliphatic heterocycles. The van der Waals surface area contributed by atoms with Crippen LogP contribution in [0.15, 0.2) is 23.8 Å². The van der Waals surface area contributed by atoms with E-state index in [1.807, 2.05) is 19.9 Å². The predicted octanol–water partition coefficient (Wildman–Crippen LogP) is 4.48. The minimum atomic E-state index is -0.196. The monoisotopic (exact) mass is 270 g/mol. The number of hydrogen-bond donors (Lipinski definition) is 0. The van der Waals surface area contributed by atoms with E-state index in [0.29, 0.717) is 0 Å². The fourth-order valence-electron chi connectivity index (χ4n) is 3.54. The molecule has 2 heteroatoms. The number of benzene rings is 1. The lowest BCUT2D eigenvalue weighted by Gasteiger charge is -2.33. The summed E-state index contributed by atoms with van der Waals surface area (Å²) < 4.78 is 5.56. The highest BCUT2D eigenvalue weighted by atomic mass is 16.5. The first-order chi connectivity index (χ1) is 9.40. The van der Waals surface area contributed by atoms with Gasteiger partial charge in [0.1, 0.15) is 6.10 Å². The summed E-state index contributed by atoms with van der Waals surface area (Å²) in [6.45, 7) is 8.61. The number of carbonyl (C=O) groups is 1. The summed E-state index contributed by atoms with van der Waals surface area (Å²) >= 11 is 0. The van der Waals surface area contributed by atoms with Gasteiger partial charge in [-0.15, -0.1) is 0 Å². The number of allylic oxidation sites excluding steroid dienone is 1. The van der Waals surface area contributed by atoms with Crippen molar-refractivity contribution >= 4 is 5.97 Å². The Hall–Kier alpha value is -1.57. The number of rotatable bonds is 1. The first kappa shape index (κ1) is 13.4. The molecule has 2 aliphatic rings. The molecular formula is C18H22O2. The van der Waals surface area contributed by atoms with Gasteiger partial charge in [-0.2, -0.15) is 0 Å². The summed E-state index contributed by atoms with van der Waals surface area (Å²) in [6.07, 6.45) is 5.17. The van der Waals surface area contributed by atoms with Gasteiger partial charge in [-0.3, -0.25) is 0 Å². The van der Waals surface area contributed by atoms with Gasteiger partial charge in [-0.1, -0.05) is 31.6 Å². The normalized spacial score (nSPS) is 22.8. The molecule has 0 aromatic heterocycles. The van der Waals surface area contributed by atoms with Crippen LogP contribution in [0.25, 0.3) is 0 Å². The molecule has 20 heavy (non-hydrogen) atoms. The van der Waals surface area contributed by atoms with Crippen LogP contribution in [-0.4, -0.2) is 5.97 Å². The Morgan fingerprint density at radius 3 is 2.80 bits per heavy atom. The molecule has 1 aromatic rings. The largest absolute Gasteiger partial charge is 0.450 e. The molecule has 0 saturated carbocycles. The van der Waals surface area contributed by atoms with Gasteiger partial charge >= 0.3 is 5.97 Å². The van der Waals surface area contributed by atoms with Crippen molar-refractivity contribution in [3.05, 3.63) is 46.0 Å². The van der Waals surface area contributed by atoms with Crippen molar-refractivity contribution < 1.29 is 9.53 Å². The Bertz CT molecular complexity index is 604. The van der Waals surface area contributed by atoms with Crippen molar-refractivity contribution in [1.29, 1.82) is 0 Å². The summed E-state index contributed by atoms with van der Waals surface area (Å²) in [5, 5.41) is 0. The van der Waals surface area contributed by atoms with Crippen molar-refractivity contribution in [1.82, 2.24) is 0 Å². The second kappa shape index (κ2) is 4.47. The molecule has 0 amide bonds. The van der Waals surface area contributed by atoms with E-state index in [0.717, 1.165) is 24.0 Å². The summed E-state index contributed by atoms with van der Waals surface area (Å²) in [5.74, 6) is -0.142. The molecule has 0 N–H and O–H groups in total. The van der Waals surface area contributed by atoms with Crippen LogP contribution in [0.4, 0.5) is 0 Å². The minimum absolute atomic E-state index is 0.142. The number of fused-ring (bicyclic) bond motifs is 3. The Morgan fingerprint density at radius 1 is 1.35 bits per heavy atom. The van der Waals surface area contributed by atoms with E-state index in [9.17, 15) is 4.79 Å². The summed E-state index contributed by atoms with van der Waals surface area (Å²) in [7, 11) is 0. The van der Waals surface area contributed by atoms with Gasteiger partial charge in [0, 0.05) is 5.56 Å². The first-order valence-electron chi connectivity index (χ1n) is 7.42. The first-order valence-corrected chi connectivity index (χ1v) is 7.42. The lowest BCUT2D eigenvalue weighted by molar-refractivity contribution is 0.0465. The van der Waals surface area contributed by atoms with Crippen molar-refractivity contribution in [2.75, 3.05) is 0 Å². The van der Waals surface area contributed by atoms with Crippen LogP contribution in [0, 0.1) is 0 Å². The summed E-state index contributed by atoms with van der Waals surface area (Å²) in [4.78, 5) is 12.3. The van der Waals surface area contributed by atoms with E-state index in [2.05, 4.69) is 26.0 Å². The molecule has 1 atom stereocenters. The molecule has 106 valence electrons. The Balaban J connectivity index is 2.17. The number of carbonyl (C=O) groups excluding carboxylic acids is 1. The second-order valence-corrected chi connectivity index (χ2v) is 6.86. The molecule has 1 heterocycles.